The van der Waals surface area contributed by atoms with Gasteiger partial charge in [0.15, 0.2) is 0 Å². The van der Waals surface area contributed by atoms with E-state index >= 15 is 0 Å². The van der Waals surface area contributed by atoms with E-state index in [2.05, 4.69) is 45.7 Å². The highest BCUT2D eigenvalue weighted by molar-refractivity contribution is 9.10. The van der Waals surface area contributed by atoms with Gasteiger partial charge in [-0.2, -0.15) is 0 Å². The van der Waals surface area contributed by atoms with E-state index in [-0.39, 0.29) is 0 Å². The van der Waals surface area contributed by atoms with Gasteiger partial charge < -0.3 is 10.6 Å². The first-order valence-corrected chi connectivity index (χ1v) is 6.90. The molecule has 0 radical (unpaired) electrons. The molecule has 3 nitrogen and oxygen atoms in total. The van der Waals surface area contributed by atoms with Crippen LogP contribution >= 0.6 is 15.9 Å². The maximum atomic E-state index is 5.79. The van der Waals surface area contributed by atoms with Crippen LogP contribution in [0.3, 0.4) is 0 Å². The lowest BCUT2D eigenvalue weighted by Gasteiger charge is -2.38. The highest BCUT2D eigenvalue weighted by Crippen LogP contribution is 2.32. The van der Waals surface area contributed by atoms with Crippen molar-refractivity contribution in [3.05, 3.63) is 22.3 Å². The molecule has 0 aliphatic carbocycles. The van der Waals surface area contributed by atoms with E-state index in [0.29, 0.717) is 12.0 Å². The number of anilines is 1. The smallest absolute Gasteiger partial charge is 0.133 e. The van der Waals surface area contributed by atoms with Crippen LogP contribution in [0.25, 0.3) is 0 Å². The summed E-state index contributed by atoms with van der Waals surface area (Å²) in [6.07, 6.45) is 4.29. The number of nitrogens with two attached hydrogens (primary N) is 1. The van der Waals surface area contributed by atoms with Gasteiger partial charge in [-0.15, -0.1) is 0 Å². The molecule has 1 aromatic rings. The summed E-state index contributed by atoms with van der Waals surface area (Å²) < 4.78 is 0.999. The lowest BCUT2D eigenvalue weighted by molar-refractivity contribution is 0.279. The number of halogens is 1. The van der Waals surface area contributed by atoms with Gasteiger partial charge in [-0.25, -0.2) is 4.98 Å². The van der Waals surface area contributed by atoms with E-state index in [0.717, 1.165) is 28.9 Å². The zero-order valence-corrected chi connectivity index (χ0v) is 12.1. The number of hydrogen-bond acceptors (Lipinski definition) is 3. The summed E-state index contributed by atoms with van der Waals surface area (Å²) in [5, 5.41) is 0. The number of pyridine rings is 1. The first-order chi connectivity index (χ1) is 8.02. The van der Waals surface area contributed by atoms with Gasteiger partial charge in [0.1, 0.15) is 5.82 Å². The number of nitrogens with zero attached hydrogens (tertiary/aromatic N) is 2. The van der Waals surface area contributed by atoms with Gasteiger partial charge in [0, 0.05) is 35.9 Å². The average Bonchev–Trinajstić information content (AvgIpc) is 2.29. The molecule has 0 spiro atoms. The highest BCUT2D eigenvalue weighted by atomic mass is 79.9. The fourth-order valence-corrected chi connectivity index (χ4v) is 2.61. The third-order valence-corrected chi connectivity index (χ3v) is 3.98. The predicted octanol–water partition coefficient (Wildman–Crippen LogP) is 2.93. The minimum atomic E-state index is 0.467. The molecule has 1 fully saturated rings. The van der Waals surface area contributed by atoms with Crippen molar-refractivity contribution in [2.75, 3.05) is 18.0 Å². The molecule has 1 aromatic heterocycles. The van der Waals surface area contributed by atoms with Crippen LogP contribution in [0.4, 0.5) is 5.82 Å². The van der Waals surface area contributed by atoms with Crippen LogP contribution in [0.5, 0.6) is 0 Å². The van der Waals surface area contributed by atoms with E-state index in [1.54, 1.807) is 0 Å². The predicted molar refractivity (Wildman–Crippen MR) is 75.1 cm³/mol. The zero-order chi connectivity index (χ0) is 12.5. The van der Waals surface area contributed by atoms with Crippen molar-refractivity contribution in [1.29, 1.82) is 0 Å². The van der Waals surface area contributed by atoms with Crippen molar-refractivity contribution in [2.24, 2.45) is 11.1 Å². The van der Waals surface area contributed by atoms with Crippen LogP contribution in [0.2, 0.25) is 0 Å². The fourth-order valence-electron chi connectivity index (χ4n) is 2.23. The van der Waals surface area contributed by atoms with E-state index in [9.17, 15) is 0 Å². The van der Waals surface area contributed by atoms with Gasteiger partial charge in [-0.1, -0.05) is 13.8 Å². The van der Waals surface area contributed by atoms with Gasteiger partial charge in [0.25, 0.3) is 0 Å². The molecule has 1 aliphatic heterocycles. The van der Waals surface area contributed by atoms with Crippen LogP contribution in [-0.2, 0) is 6.54 Å². The third-order valence-electron chi connectivity index (χ3n) is 3.55. The lowest BCUT2D eigenvalue weighted by Crippen LogP contribution is -2.38. The average molecular weight is 298 g/mol. The Bertz CT molecular complexity index is 394. The van der Waals surface area contributed by atoms with Gasteiger partial charge in [-0.05, 0) is 40.3 Å². The molecule has 0 amide bonds. The van der Waals surface area contributed by atoms with E-state index in [1.165, 1.54) is 12.8 Å². The van der Waals surface area contributed by atoms with Crippen molar-refractivity contribution in [2.45, 2.75) is 33.2 Å². The Balaban J connectivity index is 2.18. The first-order valence-electron chi connectivity index (χ1n) is 6.11. The number of piperidine rings is 1. The maximum Gasteiger partial charge on any atom is 0.133 e. The van der Waals surface area contributed by atoms with Crippen LogP contribution in [-0.4, -0.2) is 18.1 Å². The van der Waals surface area contributed by atoms with E-state index in [1.807, 2.05) is 6.20 Å². The topological polar surface area (TPSA) is 42.2 Å². The summed E-state index contributed by atoms with van der Waals surface area (Å²) in [4.78, 5) is 6.88. The molecule has 0 atom stereocenters. The molecule has 0 bridgehead atoms. The molecule has 94 valence electrons. The molecule has 1 aliphatic rings. The third kappa shape index (κ3) is 2.99. The van der Waals surface area contributed by atoms with E-state index in [4.69, 9.17) is 5.73 Å². The number of hydrogen-bond donors (Lipinski definition) is 1. The SMILES string of the molecule is CC1(C)CCN(c2ncc(Br)cc2CN)CC1. The van der Waals surface area contributed by atoms with Gasteiger partial charge in [-0.3, -0.25) is 0 Å². The molecule has 4 heteroatoms. The molecule has 0 saturated carbocycles. The molecular weight excluding hydrogens is 278 g/mol. The Morgan fingerprint density at radius 3 is 2.65 bits per heavy atom. The molecule has 2 heterocycles. The van der Waals surface area contributed by atoms with Crippen molar-refractivity contribution in [3.8, 4) is 0 Å². The molecule has 17 heavy (non-hydrogen) atoms. The maximum absolute atomic E-state index is 5.79. The molecule has 2 N–H and O–H groups in total. The lowest BCUT2D eigenvalue weighted by atomic mass is 9.82. The zero-order valence-electron chi connectivity index (χ0n) is 10.5. The normalized spacial score (nSPS) is 19.4. The van der Waals surface area contributed by atoms with Crippen molar-refractivity contribution < 1.29 is 0 Å². The second kappa shape index (κ2) is 4.94. The second-order valence-corrected chi connectivity index (χ2v) is 6.41. The first kappa shape index (κ1) is 12.8. The van der Waals surface area contributed by atoms with Gasteiger partial charge >= 0.3 is 0 Å². The Morgan fingerprint density at radius 2 is 2.06 bits per heavy atom. The number of rotatable bonds is 2. The number of aromatic nitrogens is 1. The summed E-state index contributed by atoms with van der Waals surface area (Å²) in [5.74, 6) is 1.06. The Kier molecular flexibility index (Phi) is 3.73. The van der Waals surface area contributed by atoms with Crippen LogP contribution in [0.1, 0.15) is 32.3 Å². The summed E-state index contributed by atoms with van der Waals surface area (Å²) in [7, 11) is 0. The van der Waals surface area contributed by atoms with Crippen LogP contribution < -0.4 is 10.6 Å². The fraction of sp³-hybridized carbons (Fsp3) is 0.615. The van der Waals surface area contributed by atoms with Crippen molar-refractivity contribution in [1.82, 2.24) is 4.98 Å². The molecule has 2 rings (SSSR count). The largest absolute Gasteiger partial charge is 0.356 e. The standard InChI is InChI=1S/C13H20BrN3/c1-13(2)3-5-17(6-4-13)12-10(8-15)7-11(14)9-16-12/h7,9H,3-6,8,15H2,1-2H3. The minimum Gasteiger partial charge on any atom is -0.356 e. The summed E-state index contributed by atoms with van der Waals surface area (Å²) in [5.41, 5.74) is 7.38. The second-order valence-electron chi connectivity index (χ2n) is 5.49. The van der Waals surface area contributed by atoms with Crippen molar-refractivity contribution in [3.63, 3.8) is 0 Å². The minimum absolute atomic E-state index is 0.467. The molecular formula is C13H20BrN3. The molecule has 1 saturated heterocycles. The quantitative estimate of drug-likeness (QED) is 0.913. The summed E-state index contributed by atoms with van der Waals surface area (Å²) in [6.45, 7) is 7.37. The monoisotopic (exact) mass is 297 g/mol. The van der Waals surface area contributed by atoms with Crippen molar-refractivity contribution >= 4 is 21.7 Å². The highest BCUT2D eigenvalue weighted by Gasteiger charge is 2.26. The van der Waals surface area contributed by atoms with Crippen LogP contribution in [0.15, 0.2) is 16.7 Å². The van der Waals surface area contributed by atoms with Gasteiger partial charge in [0.05, 0.1) is 0 Å². The Morgan fingerprint density at radius 1 is 1.41 bits per heavy atom. The molecule has 0 unspecified atom stereocenters. The van der Waals surface area contributed by atoms with E-state index < -0.39 is 0 Å². The summed E-state index contributed by atoms with van der Waals surface area (Å²) in [6, 6.07) is 2.07. The van der Waals surface area contributed by atoms with Crippen LogP contribution in [0, 0.1) is 5.41 Å². The summed E-state index contributed by atoms with van der Waals surface area (Å²) >= 11 is 3.44. The molecule has 0 aromatic carbocycles. The Hall–Kier alpha value is -0.610. The van der Waals surface area contributed by atoms with Gasteiger partial charge in [0.2, 0.25) is 0 Å². The Labute approximate surface area is 112 Å².